The Balaban J connectivity index is 2.22. The minimum Gasteiger partial charge on any atom is -0.497 e. The number of ether oxygens (including phenoxy) is 2. The molecule has 0 saturated heterocycles. The van der Waals surface area contributed by atoms with Crippen LogP contribution in [0.1, 0.15) is 31.7 Å². The average molecular weight is 393 g/mol. The number of methoxy groups -OCH3 is 1. The van der Waals surface area contributed by atoms with Crippen molar-refractivity contribution in [3.63, 3.8) is 0 Å². The van der Waals surface area contributed by atoms with E-state index in [0.717, 1.165) is 30.2 Å². The smallest absolute Gasteiger partial charge is 0.165 e. The number of carbonyl (C=O) groups is 1. The van der Waals surface area contributed by atoms with Gasteiger partial charge in [-0.05, 0) is 48.1 Å². The van der Waals surface area contributed by atoms with E-state index in [9.17, 15) is 9.90 Å². The summed E-state index contributed by atoms with van der Waals surface area (Å²) in [5, 5.41) is 10.2. The molecule has 0 bridgehead atoms. The first-order chi connectivity index (χ1) is 12.6. The lowest BCUT2D eigenvalue weighted by Gasteiger charge is -2.20. The van der Waals surface area contributed by atoms with E-state index in [0.29, 0.717) is 31.1 Å². The van der Waals surface area contributed by atoms with Crippen LogP contribution >= 0.6 is 0 Å². The van der Waals surface area contributed by atoms with Gasteiger partial charge in [0.15, 0.2) is 5.78 Å². The topological polar surface area (TPSA) is 55.8 Å². The fourth-order valence-electron chi connectivity index (χ4n) is 2.95. The number of ketones is 1. The third kappa shape index (κ3) is 9.89. The predicted octanol–water partition coefficient (Wildman–Crippen LogP) is 4.84. The highest BCUT2D eigenvalue weighted by Crippen LogP contribution is 2.20. The number of hydrogen-bond donors (Lipinski definition) is 1. The van der Waals surface area contributed by atoms with E-state index in [1.807, 2.05) is 24.3 Å². The largest absolute Gasteiger partial charge is 0.497 e. The molecule has 0 aromatic heterocycles. The third-order valence-electron chi connectivity index (χ3n) is 4.40. The Morgan fingerprint density at radius 2 is 1.85 bits per heavy atom. The summed E-state index contributed by atoms with van der Waals surface area (Å²) < 4.78 is 10.9. The second-order valence-corrected chi connectivity index (χ2v) is 14.1. The van der Waals surface area contributed by atoms with E-state index in [2.05, 4.69) is 33.1 Å². The van der Waals surface area contributed by atoms with Crippen molar-refractivity contribution < 1.29 is 19.4 Å². The van der Waals surface area contributed by atoms with Crippen LogP contribution in [-0.4, -0.2) is 38.8 Å². The highest BCUT2D eigenvalue weighted by molar-refractivity contribution is 6.76. The Morgan fingerprint density at radius 1 is 1.22 bits per heavy atom. The van der Waals surface area contributed by atoms with Gasteiger partial charge in [-0.25, -0.2) is 0 Å². The first-order valence-corrected chi connectivity index (χ1v) is 13.4. The summed E-state index contributed by atoms with van der Waals surface area (Å²) in [6, 6.07) is 8.63. The molecule has 152 valence electrons. The Labute approximate surface area is 165 Å². The summed E-state index contributed by atoms with van der Waals surface area (Å²) in [5.41, 5.74) is 1.79. The van der Waals surface area contributed by atoms with Crippen molar-refractivity contribution in [2.45, 2.75) is 64.6 Å². The number of Topliss-reactive ketones (excluding diaryl/α,β-unsaturated/α-hetero) is 1. The number of hydrogen-bond acceptors (Lipinski definition) is 4. The number of carbonyl (C=O) groups excluding carboxylic acids is 1. The highest BCUT2D eigenvalue weighted by Gasteiger charge is 2.23. The lowest BCUT2D eigenvalue weighted by molar-refractivity contribution is -0.125. The van der Waals surface area contributed by atoms with Crippen molar-refractivity contribution >= 4 is 13.9 Å². The Morgan fingerprint density at radius 3 is 2.41 bits per heavy atom. The van der Waals surface area contributed by atoms with Crippen molar-refractivity contribution in [2.24, 2.45) is 5.92 Å². The lowest BCUT2D eigenvalue weighted by Crippen LogP contribution is -2.28. The van der Waals surface area contributed by atoms with E-state index in [4.69, 9.17) is 9.47 Å². The van der Waals surface area contributed by atoms with Crippen LogP contribution in [0.5, 0.6) is 5.75 Å². The van der Waals surface area contributed by atoms with E-state index in [1.165, 1.54) is 0 Å². The summed E-state index contributed by atoms with van der Waals surface area (Å²) >= 11 is 0. The molecular formula is C22H36O4Si. The molecule has 5 heteroatoms. The van der Waals surface area contributed by atoms with Gasteiger partial charge in [0.1, 0.15) is 11.9 Å². The fraction of sp³-hybridized carbons (Fsp3) is 0.591. The van der Waals surface area contributed by atoms with E-state index in [-0.39, 0.29) is 5.78 Å². The summed E-state index contributed by atoms with van der Waals surface area (Å²) in [5.74, 6) is 1.11. The number of aliphatic hydroxyl groups excluding tert-OH is 1. The molecule has 0 fully saturated rings. The minimum absolute atomic E-state index is 0.107. The van der Waals surface area contributed by atoms with Crippen molar-refractivity contribution in [1.82, 2.24) is 0 Å². The van der Waals surface area contributed by atoms with Gasteiger partial charge < -0.3 is 14.6 Å². The quantitative estimate of drug-likeness (QED) is 0.385. The lowest BCUT2D eigenvalue weighted by atomic mass is 10.00. The summed E-state index contributed by atoms with van der Waals surface area (Å²) in [7, 11) is 0.290. The average Bonchev–Trinajstić information content (AvgIpc) is 2.60. The molecule has 2 atom stereocenters. The minimum atomic E-state index is -1.36. The Hall–Kier alpha value is -1.43. The molecule has 0 saturated carbocycles. The number of aliphatic hydroxyl groups is 1. The van der Waals surface area contributed by atoms with Crippen LogP contribution in [0.25, 0.3) is 0 Å². The van der Waals surface area contributed by atoms with Crippen molar-refractivity contribution in [2.75, 3.05) is 13.7 Å². The van der Waals surface area contributed by atoms with Crippen LogP contribution in [0.2, 0.25) is 25.7 Å². The maximum absolute atomic E-state index is 12.2. The van der Waals surface area contributed by atoms with Crippen molar-refractivity contribution in [3.8, 4) is 5.75 Å². The number of benzene rings is 1. The van der Waals surface area contributed by atoms with Gasteiger partial charge in [0.05, 0.1) is 13.7 Å². The van der Waals surface area contributed by atoms with E-state index < -0.39 is 14.2 Å². The zero-order valence-electron chi connectivity index (χ0n) is 17.6. The third-order valence-corrected chi connectivity index (χ3v) is 5.91. The Kier molecular flexibility index (Phi) is 9.98. The monoisotopic (exact) mass is 392 g/mol. The normalized spacial score (nSPS) is 13.9. The molecule has 0 aliphatic rings. The van der Waals surface area contributed by atoms with Crippen molar-refractivity contribution in [3.05, 3.63) is 42.0 Å². The van der Waals surface area contributed by atoms with Gasteiger partial charge in [0.25, 0.3) is 0 Å². The number of rotatable bonds is 13. The molecule has 0 aliphatic heterocycles. The second kappa shape index (κ2) is 11.4. The molecule has 0 heterocycles. The zero-order chi connectivity index (χ0) is 20.4. The molecule has 1 rings (SSSR count). The molecule has 1 aromatic carbocycles. The van der Waals surface area contributed by atoms with Gasteiger partial charge in [-0.3, -0.25) is 4.79 Å². The van der Waals surface area contributed by atoms with Gasteiger partial charge in [-0.1, -0.05) is 45.3 Å². The molecule has 2 unspecified atom stereocenters. The van der Waals surface area contributed by atoms with Crippen LogP contribution in [0.15, 0.2) is 36.4 Å². The standard InChI is InChI=1S/C22H36O4Si/c1-17(14-26-15-19-10-12-20(25-3)13-11-19)8-7-9-21(23)22(24)18(2)16-27(4,5)6/h10-13,17,22,24H,2,7-9,14-16H2,1,3-6H3. The van der Waals surface area contributed by atoms with Gasteiger partial charge in [-0.15, -0.1) is 0 Å². The van der Waals surface area contributed by atoms with E-state index >= 15 is 0 Å². The molecule has 1 aromatic rings. The molecular weight excluding hydrogens is 356 g/mol. The van der Waals surface area contributed by atoms with Crippen LogP contribution in [0, 0.1) is 5.92 Å². The molecule has 4 nitrogen and oxygen atoms in total. The first kappa shape index (κ1) is 23.6. The van der Waals surface area contributed by atoms with Crippen LogP contribution < -0.4 is 4.74 Å². The molecule has 27 heavy (non-hydrogen) atoms. The van der Waals surface area contributed by atoms with Crippen molar-refractivity contribution in [1.29, 1.82) is 0 Å². The van der Waals surface area contributed by atoms with Gasteiger partial charge in [0, 0.05) is 21.1 Å². The SMILES string of the molecule is C=C(C[Si](C)(C)C)C(O)C(=O)CCCC(C)COCc1ccc(OC)cc1. The van der Waals surface area contributed by atoms with Gasteiger partial charge in [0.2, 0.25) is 0 Å². The fourth-order valence-corrected chi connectivity index (χ4v) is 4.51. The second-order valence-electron chi connectivity index (χ2n) is 8.63. The molecule has 0 radical (unpaired) electrons. The molecule has 1 N–H and O–H groups in total. The highest BCUT2D eigenvalue weighted by atomic mass is 28.3. The van der Waals surface area contributed by atoms with Crippen LogP contribution in [-0.2, 0) is 16.1 Å². The molecule has 0 spiro atoms. The predicted molar refractivity (Wildman–Crippen MR) is 114 cm³/mol. The molecule has 0 amide bonds. The van der Waals surface area contributed by atoms with Crippen LogP contribution in [0.3, 0.4) is 0 Å². The maximum Gasteiger partial charge on any atom is 0.165 e. The summed E-state index contributed by atoms with van der Waals surface area (Å²) in [4.78, 5) is 12.2. The first-order valence-electron chi connectivity index (χ1n) is 9.71. The molecule has 0 aliphatic carbocycles. The Bertz CT molecular complexity index is 589. The van der Waals surface area contributed by atoms with Gasteiger partial charge in [-0.2, -0.15) is 0 Å². The van der Waals surface area contributed by atoms with Gasteiger partial charge >= 0.3 is 0 Å². The zero-order valence-corrected chi connectivity index (χ0v) is 18.6. The maximum atomic E-state index is 12.2. The summed E-state index contributed by atoms with van der Waals surface area (Å²) in [6.45, 7) is 13.9. The van der Waals surface area contributed by atoms with E-state index in [1.54, 1.807) is 7.11 Å². The van der Waals surface area contributed by atoms with Crippen LogP contribution in [0.4, 0.5) is 0 Å². The summed E-state index contributed by atoms with van der Waals surface area (Å²) in [6.07, 6.45) is 1.07.